The molecule has 0 saturated heterocycles. The standard InChI is InChI=1S/C22H23N3O2S/c1-16-4-9-20(10-5-16)28(26,27)25-22-11-7-18-6-8-19(13-21(18)22)24-15-17-3-2-12-23-14-17/h2-6,8-10,12-14,22,24-25H,7,11,15H2,1H3. The zero-order chi connectivity index (χ0) is 19.6. The number of rotatable bonds is 6. The summed E-state index contributed by atoms with van der Waals surface area (Å²) in [5, 5.41) is 3.39. The van der Waals surface area contributed by atoms with Crippen molar-refractivity contribution in [2.24, 2.45) is 0 Å². The van der Waals surface area contributed by atoms with Gasteiger partial charge in [-0.05, 0) is 66.8 Å². The molecule has 0 amide bonds. The Morgan fingerprint density at radius 3 is 2.68 bits per heavy atom. The Bertz CT molecular complexity index is 1060. The molecule has 3 aromatic rings. The number of aryl methyl sites for hydroxylation is 2. The quantitative estimate of drug-likeness (QED) is 0.665. The molecule has 1 aliphatic rings. The fraction of sp³-hybridized carbons (Fsp3) is 0.227. The summed E-state index contributed by atoms with van der Waals surface area (Å²) in [5.41, 5.74) is 5.36. The summed E-state index contributed by atoms with van der Waals surface area (Å²) in [6, 6.07) is 16.9. The van der Waals surface area contributed by atoms with E-state index in [4.69, 9.17) is 0 Å². The highest BCUT2D eigenvalue weighted by Gasteiger charge is 2.27. The van der Waals surface area contributed by atoms with Gasteiger partial charge in [0.1, 0.15) is 0 Å². The minimum Gasteiger partial charge on any atom is -0.381 e. The van der Waals surface area contributed by atoms with Crippen LogP contribution in [0.3, 0.4) is 0 Å². The van der Waals surface area contributed by atoms with Gasteiger partial charge in [0.25, 0.3) is 0 Å². The van der Waals surface area contributed by atoms with Crippen molar-refractivity contribution in [3.8, 4) is 0 Å². The molecule has 4 rings (SSSR count). The van der Waals surface area contributed by atoms with Crippen LogP contribution in [0.1, 0.15) is 34.7 Å². The van der Waals surface area contributed by atoms with E-state index in [0.717, 1.165) is 35.2 Å². The number of nitrogens with zero attached hydrogens (tertiary/aromatic N) is 1. The summed E-state index contributed by atoms with van der Waals surface area (Å²) in [4.78, 5) is 4.43. The van der Waals surface area contributed by atoms with Gasteiger partial charge >= 0.3 is 0 Å². The van der Waals surface area contributed by atoms with E-state index >= 15 is 0 Å². The van der Waals surface area contributed by atoms with E-state index in [-0.39, 0.29) is 6.04 Å². The van der Waals surface area contributed by atoms with Crippen LogP contribution in [-0.4, -0.2) is 13.4 Å². The molecule has 1 unspecified atom stereocenters. The van der Waals surface area contributed by atoms with Crippen molar-refractivity contribution < 1.29 is 8.42 Å². The van der Waals surface area contributed by atoms with E-state index in [0.29, 0.717) is 11.4 Å². The van der Waals surface area contributed by atoms with Crippen LogP contribution < -0.4 is 10.0 Å². The Kier molecular flexibility index (Phi) is 5.15. The average molecular weight is 394 g/mol. The highest BCUT2D eigenvalue weighted by Crippen LogP contribution is 2.34. The van der Waals surface area contributed by atoms with Gasteiger partial charge in [-0.1, -0.05) is 29.8 Å². The van der Waals surface area contributed by atoms with E-state index in [1.807, 2.05) is 43.5 Å². The molecular weight excluding hydrogens is 370 g/mol. The lowest BCUT2D eigenvalue weighted by molar-refractivity contribution is 0.554. The number of anilines is 1. The van der Waals surface area contributed by atoms with E-state index in [1.165, 1.54) is 5.56 Å². The lowest BCUT2D eigenvalue weighted by Gasteiger charge is -2.16. The van der Waals surface area contributed by atoms with Gasteiger partial charge in [-0.15, -0.1) is 0 Å². The van der Waals surface area contributed by atoms with Gasteiger partial charge in [0.2, 0.25) is 10.0 Å². The molecular formula is C22H23N3O2S. The third kappa shape index (κ3) is 4.08. The van der Waals surface area contributed by atoms with Gasteiger partial charge in [0.15, 0.2) is 0 Å². The molecule has 0 bridgehead atoms. The number of sulfonamides is 1. The maximum Gasteiger partial charge on any atom is 0.241 e. The van der Waals surface area contributed by atoms with Crippen LogP contribution in [0.15, 0.2) is 71.9 Å². The molecule has 28 heavy (non-hydrogen) atoms. The van der Waals surface area contributed by atoms with Crippen LogP contribution in [0.5, 0.6) is 0 Å². The van der Waals surface area contributed by atoms with Crippen LogP contribution in [0.25, 0.3) is 0 Å². The molecule has 144 valence electrons. The molecule has 0 spiro atoms. The number of hydrogen-bond acceptors (Lipinski definition) is 4. The van der Waals surface area contributed by atoms with E-state index in [2.05, 4.69) is 27.2 Å². The maximum absolute atomic E-state index is 12.8. The van der Waals surface area contributed by atoms with Crippen molar-refractivity contribution in [1.29, 1.82) is 0 Å². The first-order chi connectivity index (χ1) is 13.5. The molecule has 1 aliphatic carbocycles. The predicted molar refractivity (Wildman–Crippen MR) is 111 cm³/mol. The summed E-state index contributed by atoms with van der Waals surface area (Å²) < 4.78 is 28.4. The molecule has 1 heterocycles. The summed E-state index contributed by atoms with van der Waals surface area (Å²) >= 11 is 0. The van der Waals surface area contributed by atoms with Crippen LogP contribution in [0.2, 0.25) is 0 Å². The number of nitrogens with one attached hydrogen (secondary N) is 2. The second-order valence-corrected chi connectivity index (χ2v) is 8.87. The zero-order valence-corrected chi connectivity index (χ0v) is 16.5. The number of fused-ring (bicyclic) bond motifs is 1. The van der Waals surface area contributed by atoms with Gasteiger partial charge in [-0.2, -0.15) is 0 Å². The molecule has 0 radical (unpaired) electrons. The zero-order valence-electron chi connectivity index (χ0n) is 15.7. The van der Waals surface area contributed by atoms with Gasteiger partial charge in [-0.3, -0.25) is 4.98 Å². The van der Waals surface area contributed by atoms with Gasteiger partial charge < -0.3 is 5.32 Å². The summed E-state index contributed by atoms with van der Waals surface area (Å²) in [6.45, 7) is 2.61. The van der Waals surface area contributed by atoms with Gasteiger partial charge in [-0.25, -0.2) is 13.1 Å². The largest absolute Gasteiger partial charge is 0.381 e. The Hall–Kier alpha value is -2.70. The molecule has 2 aromatic carbocycles. The highest BCUT2D eigenvalue weighted by atomic mass is 32.2. The average Bonchev–Trinajstić information content (AvgIpc) is 3.09. The lowest BCUT2D eigenvalue weighted by atomic mass is 10.1. The first-order valence-electron chi connectivity index (χ1n) is 9.36. The SMILES string of the molecule is Cc1ccc(S(=O)(=O)NC2CCc3ccc(NCc4cccnc4)cc32)cc1. The number of aromatic nitrogens is 1. The first-order valence-corrected chi connectivity index (χ1v) is 10.8. The fourth-order valence-electron chi connectivity index (χ4n) is 3.51. The number of hydrogen-bond donors (Lipinski definition) is 2. The molecule has 6 heteroatoms. The van der Waals surface area contributed by atoms with Gasteiger partial charge in [0, 0.05) is 30.7 Å². The molecule has 5 nitrogen and oxygen atoms in total. The Balaban J connectivity index is 1.51. The van der Waals surface area contributed by atoms with Gasteiger partial charge in [0.05, 0.1) is 4.90 Å². The minimum atomic E-state index is -3.55. The van der Waals surface area contributed by atoms with Crippen LogP contribution in [0.4, 0.5) is 5.69 Å². The van der Waals surface area contributed by atoms with Crippen molar-refractivity contribution in [3.63, 3.8) is 0 Å². The number of pyridine rings is 1. The fourth-order valence-corrected chi connectivity index (χ4v) is 4.76. The molecule has 0 fully saturated rings. The Labute approximate surface area is 165 Å². The van der Waals surface area contributed by atoms with Crippen LogP contribution >= 0.6 is 0 Å². The van der Waals surface area contributed by atoms with Crippen LogP contribution in [-0.2, 0) is 23.0 Å². The van der Waals surface area contributed by atoms with Crippen molar-refractivity contribution in [3.05, 3.63) is 89.2 Å². The normalized spacial score (nSPS) is 16.0. The van der Waals surface area contributed by atoms with Crippen LogP contribution in [0, 0.1) is 6.92 Å². The minimum absolute atomic E-state index is 0.207. The van der Waals surface area contributed by atoms with E-state index < -0.39 is 10.0 Å². The highest BCUT2D eigenvalue weighted by molar-refractivity contribution is 7.89. The summed E-state index contributed by atoms with van der Waals surface area (Å²) in [5.74, 6) is 0. The van der Waals surface area contributed by atoms with Crippen molar-refractivity contribution in [2.75, 3.05) is 5.32 Å². The summed E-state index contributed by atoms with van der Waals surface area (Å²) in [6.07, 6.45) is 5.23. The Morgan fingerprint density at radius 1 is 1.11 bits per heavy atom. The monoisotopic (exact) mass is 393 g/mol. The first kappa shape index (κ1) is 18.7. The molecule has 2 N–H and O–H groups in total. The third-order valence-corrected chi connectivity index (χ3v) is 6.56. The second kappa shape index (κ2) is 7.73. The maximum atomic E-state index is 12.8. The molecule has 1 aromatic heterocycles. The Morgan fingerprint density at radius 2 is 1.93 bits per heavy atom. The molecule has 1 atom stereocenters. The summed E-state index contributed by atoms with van der Waals surface area (Å²) in [7, 11) is -3.55. The lowest BCUT2D eigenvalue weighted by Crippen LogP contribution is -2.27. The predicted octanol–water partition coefficient (Wildman–Crippen LogP) is 3.97. The van der Waals surface area contributed by atoms with E-state index in [1.54, 1.807) is 18.3 Å². The van der Waals surface area contributed by atoms with Crippen molar-refractivity contribution in [1.82, 2.24) is 9.71 Å². The second-order valence-electron chi connectivity index (χ2n) is 7.15. The molecule has 0 saturated carbocycles. The van der Waals surface area contributed by atoms with Crippen molar-refractivity contribution in [2.45, 2.75) is 37.2 Å². The van der Waals surface area contributed by atoms with Crippen molar-refractivity contribution >= 4 is 15.7 Å². The molecule has 0 aliphatic heterocycles. The smallest absolute Gasteiger partial charge is 0.241 e. The van der Waals surface area contributed by atoms with E-state index in [9.17, 15) is 8.42 Å². The topological polar surface area (TPSA) is 71.1 Å². The number of benzene rings is 2. The third-order valence-electron chi connectivity index (χ3n) is 5.07.